The van der Waals surface area contributed by atoms with E-state index in [4.69, 9.17) is 0 Å². The summed E-state index contributed by atoms with van der Waals surface area (Å²) in [7, 11) is 0. The molecule has 11 heteroatoms. The lowest BCUT2D eigenvalue weighted by Gasteiger charge is -2.11. The Labute approximate surface area is 139 Å². The zero-order valence-electron chi connectivity index (χ0n) is 12.7. The van der Waals surface area contributed by atoms with Crippen LogP contribution in [0.15, 0.2) is 29.4 Å². The van der Waals surface area contributed by atoms with Gasteiger partial charge >= 0.3 is 6.36 Å². The number of aromatic nitrogens is 4. The van der Waals surface area contributed by atoms with Crippen molar-refractivity contribution in [3.05, 3.63) is 24.3 Å². The molecule has 2 rings (SSSR count). The number of rotatable bonds is 6. The second-order valence-electron chi connectivity index (χ2n) is 4.57. The van der Waals surface area contributed by atoms with Crippen molar-refractivity contribution in [2.45, 2.75) is 30.6 Å². The molecule has 0 saturated carbocycles. The number of thioether (sulfide) groups is 1. The average Bonchev–Trinajstić information content (AvgIpc) is 2.94. The molecule has 130 valence electrons. The van der Waals surface area contributed by atoms with E-state index in [1.54, 1.807) is 6.92 Å². The number of carbonyl (C=O) groups excluding carboxylic acids is 1. The highest BCUT2D eigenvalue weighted by Crippen LogP contribution is 2.26. The molecule has 1 heterocycles. The number of tetrazole rings is 1. The highest BCUT2D eigenvalue weighted by atomic mass is 32.2. The number of halogens is 3. The van der Waals surface area contributed by atoms with E-state index in [0.29, 0.717) is 17.4 Å². The molecule has 0 aliphatic rings. The molecular formula is C13H14F3N5O2S. The van der Waals surface area contributed by atoms with Gasteiger partial charge in [0.2, 0.25) is 11.1 Å². The lowest BCUT2D eigenvalue weighted by atomic mass is 10.3. The lowest BCUT2D eigenvalue weighted by Crippen LogP contribution is -2.30. The number of hydrogen-bond acceptors (Lipinski definition) is 6. The molecule has 0 saturated heterocycles. The highest BCUT2D eigenvalue weighted by Gasteiger charge is 2.31. The van der Waals surface area contributed by atoms with Crippen molar-refractivity contribution in [3.8, 4) is 11.4 Å². The first-order valence-electron chi connectivity index (χ1n) is 6.89. The Morgan fingerprint density at radius 2 is 2.04 bits per heavy atom. The first-order chi connectivity index (χ1) is 11.3. The second-order valence-corrected chi connectivity index (χ2v) is 5.88. The Morgan fingerprint density at radius 1 is 1.38 bits per heavy atom. The Kier molecular flexibility index (Phi) is 5.65. The number of benzene rings is 1. The smallest absolute Gasteiger partial charge is 0.406 e. The molecular weight excluding hydrogens is 347 g/mol. The van der Waals surface area contributed by atoms with Crippen molar-refractivity contribution in [2.24, 2.45) is 0 Å². The van der Waals surface area contributed by atoms with Crippen LogP contribution in [0, 0.1) is 0 Å². The fourth-order valence-corrected chi connectivity index (χ4v) is 2.57. The van der Waals surface area contributed by atoms with Gasteiger partial charge in [0, 0.05) is 6.54 Å². The quantitative estimate of drug-likeness (QED) is 0.794. The van der Waals surface area contributed by atoms with Crippen molar-refractivity contribution in [1.29, 1.82) is 0 Å². The van der Waals surface area contributed by atoms with Crippen LogP contribution < -0.4 is 10.1 Å². The molecule has 1 aromatic carbocycles. The molecule has 1 aromatic heterocycles. The molecule has 0 fully saturated rings. The molecule has 0 radical (unpaired) electrons. The molecule has 0 unspecified atom stereocenters. The fourth-order valence-electron chi connectivity index (χ4n) is 1.73. The highest BCUT2D eigenvalue weighted by molar-refractivity contribution is 8.00. The molecule has 24 heavy (non-hydrogen) atoms. The molecule has 0 bridgehead atoms. The standard InChI is InChI=1S/C13H14F3N5O2S/c1-3-17-11(22)8(2)24-12-18-19-20-21(12)9-4-6-10(7-5-9)23-13(14,15)16/h4-8H,3H2,1-2H3,(H,17,22)/t8-/m1/s1. The van der Waals surface area contributed by atoms with Crippen molar-refractivity contribution >= 4 is 17.7 Å². The van der Waals surface area contributed by atoms with E-state index in [-0.39, 0.29) is 11.7 Å². The molecule has 0 aliphatic carbocycles. The fraction of sp³-hybridized carbons (Fsp3) is 0.385. The van der Waals surface area contributed by atoms with Crippen molar-refractivity contribution in [1.82, 2.24) is 25.5 Å². The van der Waals surface area contributed by atoms with Crippen LogP contribution in [0.25, 0.3) is 5.69 Å². The maximum atomic E-state index is 12.2. The van der Waals surface area contributed by atoms with E-state index < -0.39 is 11.6 Å². The summed E-state index contributed by atoms with van der Waals surface area (Å²) >= 11 is 1.14. The van der Waals surface area contributed by atoms with Gasteiger partial charge in [-0.3, -0.25) is 4.79 Å². The van der Waals surface area contributed by atoms with Crippen LogP contribution >= 0.6 is 11.8 Å². The zero-order chi connectivity index (χ0) is 17.7. The van der Waals surface area contributed by atoms with E-state index in [1.165, 1.54) is 16.8 Å². The van der Waals surface area contributed by atoms with E-state index in [2.05, 4.69) is 25.6 Å². The summed E-state index contributed by atoms with van der Waals surface area (Å²) in [6, 6.07) is 5.09. The normalized spacial score (nSPS) is 12.7. The maximum Gasteiger partial charge on any atom is 0.573 e. The number of alkyl halides is 3. The van der Waals surface area contributed by atoms with E-state index in [9.17, 15) is 18.0 Å². The first kappa shape index (κ1) is 18.0. The largest absolute Gasteiger partial charge is 0.573 e. The zero-order valence-corrected chi connectivity index (χ0v) is 13.6. The molecule has 2 aromatic rings. The molecule has 0 spiro atoms. The van der Waals surface area contributed by atoms with Gasteiger partial charge in [0.1, 0.15) is 5.75 Å². The van der Waals surface area contributed by atoms with Crippen LogP contribution in [0.3, 0.4) is 0 Å². The van der Waals surface area contributed by atoms with Crippen molar-refractivity contribution in [3.63, 3.8) is 0 Å². The van der Waals surface area contributed by atoms with Gasteiger partial charge < -0.3 is 10.1 Å². The molecule has 7 nitrogen and oxygen atoms in total. The van der Waals surface area contributed by atoms with Crippen LogP contribution in [0.5, 0.6) is 5.75 Å². The Bertz CT molecular complexity index is 690. The van der Waals surface area contributed by atoms with E-state index in [0.717, 1.165) is 23.9 Å². The van der Waals surface area contributed by atoms with Gasteiger partial charge in [-0.05, 0) is 48.5 Å². The average molecular weight is 361 g/mol. The van der Waals surface area contributed by atoms with E-state index in [1.807, 2.05) is 6.92 Å². The lowest BCUT2D eigenvalue weighted by molar-refractivity contribution is -0.274. The number of ether oxygens (including phenoxy) is 1. The van der Waals surface area contributed by atoms with Crippen molar-refractivity contribution in [2.75, 3.05) is 6.54 Å². The molecule has 1 N–H and O–H groups in total. The first-order valence-corrected chi connectivity index (χ1v) is 7.77. The number of nitrogens with zero attached hydrogens (tertiary/aromatic N) is 4. The Balaban J connectivity index is 2.13. The number of carbonyl (C=O) groups is 1. The molecule has 1 amide bonds. The second kappa shape index (κ2) is 7.51. The van der Waals surface area contributed by atoms with Gasteiger partial charge in [-0.2, -0.15) is 4.68 Å². The Hall–Kier alpha value is -2.30. The van der Waals surface area contributed by atoms with Gasteiger partial charge in [-0.25, -0.2) is 0 Å². The van der Waals surface area contributed by atoms with Crippen LogP contribution in [0.1, 0.15) is 13.8 Å². The van der Waals surface area contributed by atoms with E-state index >= 15 is 0 Å². The number of hydrogen-bond donors (Lipinski definition) is 1. The van der Waals surface area contributed by atoms with Crippen LogP contribution in [-0.2, 0) is 4.79 Å². The predicted molar refractivity (Wildman–Crippen MR) is 79.8 cm³/mol. The summed E-state index contributed by atoms with van der Waals surface area (Å²) in [6.07, 6.45) is -4.75. The third-order valence-electron chi connectivity index (χ3n) is 2.76. The minimum absolute atomic E-state index is 0.161. The predicted octanol–water partition coefficient (Wildman–Crippen LogP) is 2.18. The summed E-state index contributed by atoms with van der Waals surface area (Å²) in [5.74, 6) is -0.504. The van der Waals surface area contributed by atoms with Crippen LogP contribution in [0.4, 0.5) is 13.2 Å². The third kappa shape index (κ3) is 4.85. The minimum atomic E-state index is -4.75. The summed E-state index contributed by atoms with van der Waals surface area (Å²) in [4.78, 5) is 11.8. The maximum absolute atomic E-state index is 12.2. The van der Waals surface area contributed by atoms with Gasteiger partial charge in [0.05, 0.1) is 10.9 Å². The summed E-state index contributed by atoms with van der Waals surface area (Å²) in [5.41, 5.74) is 0.445. The van der Waals surface area contributed by atoms with Gasteiger partial charge in [-0.15, -0.1) is 18.3 Å². The molecule has 0 aliphatic heterocycles. The number of nitrogens with one attached hydrogen (secondary N) is 1. The van der Waals surface area contributed by atoms with Crippen LogP contribution in [-0.4, -0.2) is 44.3 Å². The van der Waals surface area contributed by atoms with Crippen LogP contribution in [0.2, 0.25) is 0 Å². The topological polar surface area (TPSA) is 81.9 Å². The summed E-state index contributed by atoms with van der Waals surface area (Å²) < 4.78 is 41.6. The van der Waals surface area contributed by atoms with Gasteiger partial charge in [0.15, 0.2) is 0 Å². The monoisotopic (exact) mass is 361 g/mol. The SMILES string of the molecule is CCNC(=O)[C@@H](C)Sc1nnnn1-c1ccc(OC(F)(F)F)cc1. The van der Waals surface area contributed by atoms with Gasteiger partial charge in [-0.1, -0.05) is 11.8 Å². The third-order valence-corrected chi connectivity index (χ3v) is 3.79. The summed E-state index contributed by atoms with van der Waals surface area (Å²) in [5, 5.41) is 13.8. The van der Waals surface area contributed by atoms with Crippen molar-refractivity contribution < 1.29 is 22.7 Å². The molecule has 1 atom stereocenters. The summed E-state index contributed by atoms with van der Waals surface area (Å²) in [6.45, 7) is 4.02. The van der Waals surface area contributed by atoms with Gasteiger partial charge in [0.25, 0.3) is 0 Å². The minimum Gasteiger partial charge on any atom is -0.406 e. The number of amides is 1. The Morgan fingerprint density at radius 3 is 2.62 bits per heavy atom.